The second-order valence-electron chi connectivity index (χ2n) is 3.84. The Hall–Kier alpha value is -1.46. The first-order valence-corrected chi connectivity index (χ1v) is 6.31. The molecule has 0 saturated carbocycles. The van der Waals surface area contributed by atoms with E-state index in [1.807, 2.05) is 25.1 Å². The van der Waals surface area contributed by atoms with Gasteiger partial charge < -0.3 is 10.4 Å². The molecule has 2 aromatic rings. The molecule has 0 saturated heterocycles. The highest BCUT2D eigenvalue weighted by molar-refractivity contribution is 7.15. The van der Waals surface area contributed by atoms with Gasteiger partial charge in [-0.1, -0.05) is 41.7 Å². The van der Waals surface area contributed by atoms with Crippen molar-refractivity contribution in [2.75, 3.05) is 11.9 Å². The average Bonchev–Trinajstić information content (AvgIpc) is 2.75. The van der Waals surface area contributed by atoms with Gasteiger partial charge in [-0.15, -0.1) is 10.2 Å². The van der Waals surface area contributed by atoms with Gasteiger partial charge in [-0.05, 0) is 18.9 Å². The van der Waals surface area contributed by atoms with Crippen LogP contribution in [0.15, 0.2) is 30.3 Å². The van der Waals surface area contributed by atoms with Gasteiger partial charge in [0.25, 0.3) is 0 Å². The monoisotopic (exact) mass is 249 g/mol. The molecule has 0 spiro atoms. The summed E-state index contributed by atoms with van der Waals surface area (Å²) in [6, 6.07) is 10.1. The summed E-state index contributed by atoms with van der Waals surface area (Å²) in [5.41, 5.74) is 1.19. The van der Waals surface area contributed by atoms with Crippen molar-refractivity contribution in [1.29, 1.82) is 0 Å². The quantitative estimate of drug-likeness (QED) is 0.849. The molecule has 2 N–H and O–H groups in total. The van der Waals surface area contributed by atoms with Gasteiger partial charge in [0.1, 0.15) is 5.01 Å². The topological polar surface area (TPSA) is 58.0 Å². The Balaban J connectivity index is 1.98. The molecule has 2 rings (SSSR count). The zero-order valence-electron chi connectivity index (χ0n) is 9.63. The lowest BCUT2D eigenvalue weighted by Gasteiger charge is -2.14. The number of aliphatic hydroxyl groups is 1. The maximum atomic E-state index is 9.35. The van der Waals surface area contributed by atoms with E-state index in [0.29, 0.717) is 0 Å². The largest absolute Gasteiger partial charge is 0.394 e. The van der Waals surface area contributed by atoms with Crippen LogP contribution in [0.1, 0.15) is 10.6 Å². The van der Waals surface area contributed by atoms with Gasteiger partial charge in [-0.2, -0.15) is 0 Å². The number of aliphatic hydroxyl groups excluding tert-OH is 1. The summed E-state index contributed by atoms with van der Waals surface area (Å²) in [7, 11) is 0. The van der Waals surface area contributed by atoms with Crippen LogP contribution in [0.5, 0.6) is 0 Å². The zero-order valence-corrected chi connectivity index (χ0v) is 10.4. The van der Waals surface area contributed by atoms with Crippen molar-refractivity contribution in [3.05, 3.63) is 40.9 Å². The van der Waals surface area contributed by atoms with Gasteiger partial charge in [0.2, 0.25) is 5.13 Å². The van der Waals surface area contributed by atoms with E-state index in [0.717, 1.165) is 16.6 Å². The lowest BCUT2D eigenvalue weighted by Crippen LogP contribution is -2.26. The van der Waals surface area contributed by atoms with Crippen molar-refractivity contribution < 1.29 is 5.11 Å². The number of benzene rings is 1. The summed E-state index contributed by atoms with van der Waals surface area (Å²) >= 11 is 1.50. The Kier molecular flexibility index (Phi) is 4.06. The average molecular weight is 249 g/mol. The number of nitrogens with one attached hydrogen (secondary N) is 1. The lowest BCUT2D eigenvalue weighted by atomic mass is 10.1. The summed E-state index contributed by atoms with van der Waals surface area (Å²) in [4.78, 5) is 0. The molecule has 0 fully saturated rings. The summed E-state index contributed by atoms with van der Waals surface area (Å²) in [5.74, 6) is 0. The van der Waals surface area contributed by atoms with Gasteiger partial charge in [-0.25, -0.2) is 0 Å². The maximum Gasteiger partial charge on any atom is 0.205 e. The first kappa shape index (κ1) is 12.0. The molecule has 5 heteroatoms. The molecule has 90 valence electrons. The molecule has 0 aliphatic carbocycles. The van der Waals surface area contributed by atoms with Crippen LogP contribution in [0.25, 0.3) is 0 Å². The third-order valence-electron chi connectivity index (χ3n) is 2.40. The van der Waals surface area contributed by atoms with Crippen molar-refractivity contribution >= 4 is 16.5 Å². The molecule has 0 aliphatic rings. The van der Waals surface area contributed by atoms with E-state index in [2.05, 4.69) is 27.6 Å². The SMILES string of the molecule is Cc1nnc(NC(CO)Cc2ccccc2)s1. The van der Waals surface area contributed by atoms with Gasteiger partial charge in [0.15, 0.2) is 0 Å². The molecule has 1 heterocycles. The second kappa shape index (κ2) is 5.75. The fourth-order valence-electron chi connectivity index (χ4n) is 1.59. The molecule has 1 unspecified atom stereocenters. The van der Waals surface area contributed by atoms with Gasteiger partial charge >= 0.3 is 0 Å². The Morgan fingerprint density at radius 3 is 2.65 bits per heavy atom. The van der Waals surface area contributed by atoms with Crippen LogP contribution < -0.4 is 5.32 Å². The van der Waals surface area contributed by atoms with Crippen LogP contribution >= 0.6 is 11.3 Å². The van der Waals surface area contributed by atoms with Gasteiger partial charge in [0.05, 0.1) is 12.6 Å². The molecule has 1 aromatic heterocycles. The van der Waals surface area contributed by atoms with Crippen LogP contribution in [-0.4, -0.2) is 28.0 Å². The Morgan fingerprint density at radius 2 is 2.06 bits per heavy atom. The molecule has 17 heavy (non-hydrogen) atoms. The number of rotatable bonds is 5. The zero-order chi connectivity index (χ0) is 12.1. The molecule has 0 amide bonds. The molecular weight excluding hydrogens is 234 g/mol. The van der Waals surface area contributed by atoms with E-state index < -0.39 is 0 Å². The third kappa shape index (κ3) is 3.51. The smallest absolute Gasteiger partial charge is 0.205 e. The van der Waals surface area contributed by atoms with E-state index in [4.69, 9.17) is 0 Å². The molecular formula is C12H15N3OS. The minimum absolute atomic E-state index is 0.0234. The number of anilines is 1. The van der Waals surface area contributed by atoms with Crippen molar-refractivity contribution in [2.45, 2.75) is 19.4 Å². The highest BCUT2D eigenvalue weighted by Crippen LogP contribution is 2.16. The number of hydrogen-bond acceptors (Lipinski definition) is 5. The summed E-state index contributed by atoms with van der Waals surface area (Å²) in [6.45, 7) is 1.99. The standard InChI is InChI=1S/C12H15N3OS/c1-9-14-15-12(17-9)13-11(8-16)7-10-5-3-2-4-6-10/h2-6,11,16H,7-8H2,1H3,(H,13,15). The molecule has 1 atom stereocenters. The number of aromatic nitrogens is 2. The first-order valence-electron chi connectivity index (χ1n) is 5.49. The van der Waals surface area contributed by atoms with E-state index in [9.17, 15) is 5.11 Å². The van der Waals surface area contributed by atoms with Crippen LogP contribution in [0.3, 0.4) is 0 Å². The van der Waals surface area contributed by atoms with Crippen LogP contribution in [-0.2, 0) is 6.42 Å². The summed E-state index contributed by atoms with van der Waals surface area (Å²) < 4.78 is 0. The van der Waals surface area contributed by atoms with Gasteiger partial charge in [0, 0.05) is 0 Å². The maximum absolute atomic E-state index is 9.35. The predicted molar refractivity (Wildman–Crippen MR) is 69.3 cm³/mol. The van der Waals surface area contributed by atoms with Gasteiger partial charge in [-0.3, -0.25) is 0 Å². The highest BCUT2D eigenvalue weighted by atomic mass is 32.1. The van der Waals surface area contributed by atoms with Crippen molar-refractivity contribution in [2.24, 2.45) is 0 Å². The Labute approximate surface area is 104 Å². The number of hydrogen-bond donors (Lipinski definition) is 2. The Bertz CT molecular complexity index is 458. The molecule has 1 aromatic carbocycles. The molecule has 4 nitrogen and oxygen atoms in total. The molecule has 0 radical (unpaired) electrons. The Morgan fingerprint density at radius 1 is 1.29 bits per heavy atom. The summed E-state index contributed by atoms with van der Waals surface area (Å²) in [5, 5.41) is 22.2. The minimum Gasteiger partial charge on any atom is -0.394 e. The fourth-order valence-corrected chi connectivity index (χ4v) is 2.26. The lowest BCUT2D eigenvalue weighted by molar-refractivity contribution is 0.273. The van der Waals surface area contributed by atoms with E-state index >= 15 is 0 Å². The molecule has 0 bridgehead atoms. The minimum atomic E-state index is -0.0234. The molecule has 0 aliphatic heterocycles. The van der Waals surface area contributed by atoms with Crippen LogP contribution in [0.4, 0.5) is 5.13 Å². The van der Waals surface area contributed by atoms with Crippen molar-refractivity contribution in [1.82, 2.24) is 10.2 Å². The normalized spacial score (nSPS) is 12.4. The number of nitrogens with zero attached hydrogens (tertiary/aromatic N) is 2. The van der Waals surface area contributed by atoms with Crippen molar-refractivity contribution in [3.8, 4) is 0 Å². The first-order chi connectivity index (χ1) is 8.28. The van der Waals surface area contributed by atoms with E-state index in [-0.39, 0.29) is 12.6 Å². The van der Waals surface area contributed by atoms with Crippen LogP contribution in [0, 0.1) is 6.92 Å². The van der Waals surface area contributed by atoms with Crippen molar-refractivity contribution in [3.63, 3.8) is 0 Å². The number of aryl methyl sites for hydroxylation is 1. The second-order valence-corrected chi connectivity index (χ2v) is 5.02. The fraction of sp³-hybridized carbons (Fsp3) is 0.333. The van der Waals surface area contributed by atoms with E-state index in [1.165, 1.54) is 16.9 Å². The van der Waals surface area contributed by atoms with E-state index in [1.54, 1.807) is 0 Å². The predicted octanol–water partition coefficient (Wildman–Crippen LogP) is 1.86. The van der Waals surface area contributed by atoms with Crippen LogP contribution in [0.2, 0.25) is 0 Å². The summed E-state index contributed by atoms with van der Waals surface area (Å²) in [6.07, 6.45) is 0.774. The highest BCUT2D eigenvalue weighted by Gasteiger charge is 2.10. The third-order valence-corrected chi connectivity index (χ3v) is 3.17.